The van der Waals surface area contributed by atoms with Gasteiger partial charge in [-0.3, -0.25) is 0 Å². The van der Waals surface area contributed by atoms with Crippen molar-refractivity contribution < 1.29 is 9.90 Å². The van der Waals surface area contributed by atoms with Crippen LogP contribution in [0.4, 0.5) is 0 Å². The van der Waals surface area contributed by atoms with Gasteiger partial charge in [0.25, 0.3) is 0 Å². The zero-order chi connectivity index (χ0) is 20.2. The molecule has 4 heteroatoms. The minimum absolute atomic E-state index is 0.321. The number of nitrogens with zero attached hydrogens (tertiary/aromatic N) is 1. The van der Waals surface area contributed by atoms with E-state index in [2.05, 4.69) is 42.2 Å². The number of benzene rings is 3. The Morgan fingerprint density at radius 3 is 2.55 bits per heavy atom. The number of fused-ring (bicyclic) bond motifs is 1. The van der Waals surface area contributed by atoms with E-state index < -0.39 is 5.97 Å². The van der Waals surface area contributed by atoms with Gasteiger partial charge in [0.1, 0.15) is 5.82 Å². The third kappa shape index (κ3) is 4.06. The maximum atomic E-state index is 11.5. The largest absolute Gasteiger partial charge is 0.478 e. The lowest BCUT2D eigenvalue weighted by atomic mass is 9.97. The maximum Gasteiger partial charge on any atom is 0.336 e. The average Bonchev–Trinajstić information content (AvgIpc) is 3.17. The molecule has 0 saturated carbocycles. The zero-order valence-electron chi connectivity index (χ0n) is 16.5. The van der Waals surface area contributed by atoms with Gasteiger partial charge in [0.15, 0.2) is 0 Å². The van der Waals surface area contributed by atoms with Crippen LogP contribution in [-0.2, 0) is 12.8 Å². The first-order valence-corrected chi connectivity index (χ1v) is 10.0. The molecule has 0 aliphatic heterocycles. The second-order valence-electron chi connectivity index (χ2n) is 7.32. The number of aryl methyl sites for hydroxylation is 1. The molecule has 0 spiro atoms. The summed E-state index contributed by atoms with van der Waals surface area (Å²) in [7, 11) is 0. The van der Waals surface area contributed by atoms with Gasteiger partial charge < -0.3 is 10.1 Å². The number of aromatic nitrogens is 2. The SMILES string of the molecule is CCCCc1nc2c(Cc3ccc(-c4ccccc4C(=O)O)cc3)cccc2[nH]1. The molecule has 4 rings (SSSR count). The normalized spacial score (nSPS) is 11.1. The Bertz CT molecular complexity index is 1140. The topological polar surface area (TPSA) is 66.0 Å². The summed E-state index contributed by atoms with van der Waals surface area (Å²) in [6.45, 7) is 2.19. The van der Waals surface area contributed by atoms with Crippen molar-refractivity contribution >= 4 is 17.0 Å². The second-order valence-corrected chi connectivity index (χ2v) is 7.32. The van der Waals surface area contributed by atoms with Crippen molar-refractivity contribution in [1.82, 2.24) is 9.97 Å². The summed E-state index contributed by atoms with van der Waals surface area (Å²) in [5.74, 6) is 0.142. The predicted octanol–water partition coefficient (Wildman–Crippen LogP) is 5.86. The standard InChI is InChI=1S/C25H24N2O2/c1-2-3-11-23-26-22-10-6-7-19(24(22)27-23)16-17-12-14-18(15-13-17)20-8-4-5-9-21(20)25(28)29/h4-10,12-15H,2-3,11,16H2,1H3,(H,26,27)(H,28,29). The number of nitrogens with one attached hydrogen (secondary N) is 1. The number of aromatic carboxylic acids is 1. The number of carboxylic acid groups (broad SMARTS) is 1. The van der Waals surface area contributed by atoms with Gasteiger partial charge in [0.2, 0.25) is 0 Å². The monoisotopic (exact) mass is 384 g/mol. The van der Waals surface area contributed by atoms with Crippen LogP contribution in [0.15, 0.2) is 66.7 Å². The molecule has 146 valence electrons. The summed E-state index contributed by atoms with van der Waals surface area (Å²) in [6.07, 6.45) is 4.05. The van der Waals surface area contributed by atoms with E-state index in [0.29, 0.717) is 5.56 Å². The molecule has 0 radical (unpaired) electrons. The van der Waals surface area contributed by atoms with Crippen molar-refractivity contribution in [2.45, 2.75) is 32.6 Å². The number of unbranched alkanes of at least 4 members (excludes halogenated alkanes) is 1. The number of rotatable bonds is 7. The third-order valence-corrected chi connectivity index (χ3v) is 5.23. The minimum Gasteiger partial charge on any atom is -0.478 e. The number of carbonyl (C=O) groups is 1. The van der Waals surface area contributed by atoms with E-state index in [9.17, 15) is 9.90 Å². The number of aromatic amines is 1. The number of para-hydroxylation sites is 1. The van der Waals surface area contributed by atoms with Gasteiger partial charge in [-0.15, -0.1) is 0 Å². The van der Waals surface area contributed by atoms with Crippen LogP contribution in [0.1, 0.15) is 47.1 Å². The predicted molar refractivity (Wildman–Crippen MR) is 116 cm³/mol. The fourth-order valence-corrected chi connectivity index (χ4v) is 3.69. The average molecular weight is 384 g/mol. The number of imidazole rings is 1. The van der Waals surface area contributed by atoms with E-state index in [1.54, 1.807) is 12.1 Å². The zero-order valence-corrected chi connectivity index (χ0v) is 16.5. The fraction of sp³-hybridized carbons (Fsp3) is 0.200. The summed E-state index contributed by atoms with van der Waals surface area (Å²) < 4.78 is 0. The maximum absolute atomic E-state index is 11.5. The second kappa shape index (κ2) is 8.31. The Balaban J connectivity index is 1.60. The molecule has 0 atom stereocenters. The lowest BCUT2D eigenvalue weighted by molar-refractivity contribution is 0.0697. The molecule has 0 bridgehead atoms. The highest BCUT2D eigenvalue weighted by Crippen LogP contribution is 2.26. The Hall–Kier alpha value is -3.40. The molecule has 29 heavy (non-hydrogen) atoms. The molecule has 1 aromatic heterocycles. The van der Waals surface area contributed by atoms with Crippen LogP contribution in [0.25, 0.3) is 22.2 Å². The van der Waals surface area contributed by atoms with Crippen molar-refractivity contribution in [1.29, 1.82) is 0 Å². The first-order chi connectivity index (χ1) is 14.2. The fourth-order valence-electron chi connectivity index (χ4n) is 3.69. The molecule has 4 nitrogen and oxygen atoms in total. The number of H-pyrrole nitrogens is 1. The summed E-state index contributed by atoms with van der Waals surface area (Å²) in [4.78, 5) is 19.7. The molecule has 1 heterocycles. The number of hydrogen-bond acceptors (Lipinski definition) is 2. The molecule has 0 saturated heterocycles. The van der Waals surface area contributed by atoms with Crippen LogP contribution in [0.5, 0.6) is 0 Å². The lowest BCUT2D eigenvalue weighted by Crippen LogP contribution is -1.99. The molecule has 4 aromatic rings. The molecule has 0 unspecified atom stereocenters. The minimum atomic E-state index is -0.909. The van der Waals surface area contributed by atoms with Crippen LogP contribution in [0.2, 0.25) is 0 Å². The van der Waals surface area contributed by atoms with Gasteiger partial charge in [0, 0.05) is 6.42 Å². The highest BCUT2D eigenvalue weighted by molar-refractivity contribution is 5.96. The Labute approximate surface area is 170 Å². The summed E-state index contributed by atoms with van der Waals surface area (Å²) in [6, 6.07) is 21.5. The highest BCUT2D eigenvalue weighted by atomic mass is 16.4. The smallest absolute Gasteiger partial charge is 0.336 e. The van der Waals surface area contributed by atoms with E-state index in [4.69, 9.17) is 4.98 Å². The molecule has 0 fully saturated rings. The van der Waals surface area contributed by atoms with Gasteiger partial charge in [-0.1, -0.05) is 67.9 Å². The van der Waals surface area contributed by atoms with Crippen molar-refractivity contribution in [3.8, 4) is 11.1 Å². The third-order valence-electron chi connectivity index (χ3n) is 5.23. The highest BCUT2D eigenvalue weighted by Gasteiger charge is 2.11. The summed E-state index contributed by atoms with van der Waals surface area (Å²) in [5, 5.41) is 9.42. The van der Waals surface area contributed by atoms with E-state index in [-0.39, 0.29) is 0 Å². The van der Waals surface area contributed by atoms with E-state index >= 15 is 0 Å². The van der Waals surface area contributed by atoms with Crippen molar-refractivity contribution in [2.75, 3.05) is 0 Å². The van der Waals surface area contributed by atoms with Crippen LogP contribution in [0.3, 0.4) is 0 Å². The van der Waals surface area contributed by atoms with Gasteiger partial charge in [-0.05, 0) is 47.2 Å². The first kappa shape index (κ1) is 18.9. The first-order valence-electron chi connectivity index (χ1n) is 10.0. The summed E-state index contributed by atoms with van der Waals surface area (Å²) >= 11 is 0. The quantitative estimate of drug-likeness (QED) is 0.419. The van der Waals surface area contributed by atoms with E-state index in [0.717, 1.165) is 53.7 Å². The summed E-state index contributed by atoms with van der Waals surface area (Å²) in [5.41, 5.74) is 6.46. The Kier molecular flexibility index (Phi) is 5.43. The Morgan fingerprint density at radius 2 is 1.79 bits per heavy atom. The molecule has 2 N–H and O–H groups in total. The van der Waals surface area contributed by atoms with Gasteiger partial charge in [-0.2, -0.15) is 0 Å². The van der Waals surface area contributed by atoms with Gasteiger partial charge in [0.05, 0.1) is 16.6 Å². The number of hydrogen-bond donors (Lipinski definition) is 2. The van der Waals surface area contributed by atoms with Crippen LogP contribution in [0, 0.1) is 0 Å². The molecule has 0 aliphatic rings. The lowest BCUT2D eigenvalue weighted by Gasteiger charge is -2.08. The van der Waals surface area contributed by atoms with E-state index in [1.807, 2.05) is 24.3 Å². The van der Waals surface area contributed by atoms with Gasteiger partial charge in [-0.25, -0.2) is 9.78 Å². The van der Waals surface area contributed by atoms with Crippen LogP contribution in [-0.4, -0.2) is 21.0 Å². The Morgan fingerprint density at radius 1 is 1.00 bits per heavy atom. The molecule has 0 aliphatic carbocycles. The van der Waals surface area contributed by atoms with Crippen molar-refractivity contribution in [3.63, 3.8) is 0 Å². The molecular formula is C25H24N2O2. The molecule has 0 amide bonds. The number of carboxylic acids is 1. The molecule has 3 aromatic carbocycles. The van der Waals surface area contributed by atoms with Crippen molar-refractivity contribution in [3.05, 3.63) is 89.2 Å². The molecular weight excluding hydrogens is 360 g/mol. The van der Waals surface area contributed by atoms with E-state index in [1.165, 1.54) is 11.1 Å². The van der Waals surface area contributed by atoms with Gasteiger partial charge >= 0.3 is 5.97 Å². The van der Waals surface area contributed by atoms with Crippen LogP contribution >= 0.6 is 0 Å². The van der Waals surface area contributed by atoms with Crippen LogP contribution < -0.4 is 0 Å². The van der Waals surface area contributed by atoms with Crippen molar-refractivity contribution in [2.24, 2.45) is 0 Å².